The highest BCUT2D eigenvalue weighted by molar-refractivity contribution is 5.85. The number of esters is 2. The predicted octanol–water partition coefficient (Wildman–Crippen LogP) is 1.06. The number of benzene rings is 1. The van der Waals surface area contributed by atoms with Gasteiger partial charge in [0.15, 0.2) is 12.2 Å². The van der Waals surface area contributed by atoms with Crippen LogP contribution in [-0.2, 0) is 30.4 Å². The Balaban J connectivity index is 2.72. The largest absolute Gasteiger partial charge is 0.464 e. The van der Waals surface area contributed by atoms with Crippen LogP contribution in [0.3, 0.4) is 0 Å². The van der Waals surface area contributed by atoms with Gasteiger partial charge in [-0.1, -0.05) is 30.3 Å². The van der Waals surface area contributed by atoms with E-state index in [0.717, 1.165) is 5.56 Å². The van der Waals surface area contributed by atoms with Gasteiger partial charge in [0.05, 0.1) is 19.8 Å². The fourth-order valence-corrected chi connectivity index (χ4v) is 1.62. The molecule has 0 spiro atoms. The van der Waals surface area contributed by atoms with Crippen LogP contribution in [0, 0.1) is 0 Å². The van der Waals surface area contributed by atoms with Crippen LogP contribution >= 0.6 is 0 Å². The average molecular weight is 296 g/mol. The molecule has 6 heteroatoms. The van der Waals surface area contributed by atoms with Gasteiger partial charge in [0.25, 0.3) is 0 Å². The zero-order valence-corrected chi connectivity index (χ0v) is 12.2. The minimum absolute atomic E-state index is 0.0702. The summed E-state index contributed by atoms with van der Waals surface area (Å²) in [4.78, 5) is 23.3. The summed E-state index contributed by atoms with van der Waals surface area (Å²) in [5, 5.41) is 9.88. The minimum Gasteiger partial charge on any atom is -0.464 e. The van der Waals surface area contributed by atoms with Crippen LogP contribution in [0.5, 0.6) is 0 Å². The first-order valence-corrected chi connectivity index (χ1v) is 6.77. The summed E-state index contributed by atoms with van der Waals surface area (Å²) in [5.74, 6) is -1.71. The van der Waals surface area contributed by atoms with E-state index < -0.39 is 24.1 Å². The quantitative estimate of drug-likeness (QED) is 0.722. The molecule has 1 aromatic carbocycles. The molecule has 1 unspecified atom stereocenters. The van der Waals surface area contributed by atoms with Gasteiger partial charge in [0.2, 0.25) is 0 Å². The van der Waals surface area contributed by atoms with Crippen molar-refractivity contribution in [1.29, 1.82) is 0 Å². The molecule has 0 bridgehead atoms. The van der Waals surface area contributed by atoms with E-state index in [4.69, 9.17) is 9.47 Å². The highest BCUT2D eigenvalue weighted by Gasteiger charge is 2.35. The number of carbonyl (C=O) groups excluding carboxylic acids is 2. The second kappa shape index (κ2) is 9.10. The van der Waals surface area contributed by atoms with Crippen LogP contribution in [0.2, 0.25) is 0 Å². The molecule has 0 aliphatic carbocycles. The highest BCUT2D eigenvalue weighted by Crippen LogP contribution is 2.10. The maximum absolute atomic E-state index is 11.8. The second-order valence-electron chi connectivity index (χ2n) is 4.17. The van der Waals surface area contributed by atoms with E-state index in [1.807, 2.05) is 18.2 Å². The van der Waals surface area contributed by atoms with Crippen molar-refractivity contribution in [3.63, 3.8) is 0 Å². The summed E-state index contributed by atoms with van der Waals surface area (Å²) in [7, 11) is 0. The van der Waals surface area contributed by atoms with Crippen LogP contribution in [0.4, 0.5) is 0 Å². The maximum Gasteiger partial charge on any atom is 0.338 e. The van der Waals surface area contributed by atoms with Gasteiger partial charge in [-0.05, 0) is 19.4 Å². The first-order valence-electron chi connectivity index (χ1n) is 6.77. The second-order valence-corrected chi connectivity index (χ2v) is 4.17. The van der Waals surface area contributed by atoms with Crippen molar-refractivity contribution in [2.45, 2.75) is 32.7 Å². The van der Waals surface area contributed by atoms with Gasteiger partial charge in [-0.15, -0.1) is 0 Å². The predicted molar refractivity (Wildman–Crippen MR) is 74.3 cm³/mol. The van der Waals surface area contributed by atoms with Gasteiger partial charge >= 0.3 is 11.9 Å². The monoisotopic (exact) mass is 296 g/mol. The molecular formula is C15H20O6. The van der Waals surface area contributed by atoms with E-state index in [-0.39, 0.29) is 19.8 Å². The normalized spacial score (nSPS) is 13.3. The van der Waals surface area contributed by atoms with E-state index in [1.54, 1.807) is 26.0 Å². The van der Waals surface area contributed by atoms with E-state index in [0.29, 0.717) is 0 Å². The molecule has 0 saturated heterocycles. The standard InChI is InChI=1S/C15H20O6/c1-3-19-14(17)12(16)13(15(18)20-4-2)21-10-11-8-6-5-7-9-11/h5-9,12-13,16H,3-4,10H2,1-2H3/t12?,13-/m1/s1. The molecule has 1 N–H and O–H groups in total. The topological polar surface area (TPSA) is 82.1 Å². The summed E-state index contributed by atoms with van der Waals surface area (Å²) in [6.45, 7) is 3.53. The van der Waals surface area contributed by atoms with Crippen LogP contribution in [-0.4, -0.2) is 42.5 Å². The van der Waals surface area contributed by atoms with Crippen LogP contribution < -0.4 is 0 Å². The number of aliphatic hydroxyl groups is 1. The molecule has 116 valence electrons. The van der Waals surface area contributed by atoms with Crippen molar-refractivity contribution in [3.05, 3.63) is 35.9 Å². The molecule has 2 atom stereocenters. The Labute approximate surface area is 123 Å². The molecule has 0 aliphatic heterocycles. The lowest BCUT2D eigenvalue weighted by molar-refractivity contribution is -0.178. The molecule has 0 aromatic heterocycles. The molecule has 21 heavy (non-hydrogen) atoms. The summed E-state index contributed by atoms with van der Waals surface area (Å²) in [5.41, 5.74) is 0.808. The Morgan fingerprint density at radius 1 is 1.05 bits per heavy atom. The van der Waals surface area contributed by atoms with E-state index in [2.05, 4.69) is 4.74 Å². The average Bonchev–Trinajstić information content (AvgIpc) is 2.49. The van der Waals surface area contributed by atoms with Gasteiger partial charge in [-0.3, -0.25) is 0 Å². The summed E-state index contributed by atoms with van der Waals surface area (Å²) >= 11 is 0. The van der Waals surface area contributed by atoms with E-state index >= 15 is 0 Å². The number of hydrogen-bond donors (Lipinski definition) is 1. The fourth-order valence-electron chi connectivity index (χ4n) is 1.62. The molecule has 6 nitrogen and oxygen atoms in total. The van der Waals surface area contributed by atoms with E-state index in [1.165, 1.54) is 0 Å². The molecule has 0 amide bonds. The van der Waals surface area contributed by atoms with Gasteiger partial charge in [-0.25, -0.2) is 9.59 Å². The first kappa shape index (κ1) is 17.1. The smallest absolute Gasteiger partial charge is 0.338 e. The van der Waals surface area contributed by atoms with Gasteiger partial charge in [0, 0.05) is 0 Å². The molecule has 1 aromatic rings. The lowest BCUT2D eigenvalue weighted by atomic mass is 10.2. The Kier molecular flexibility index (Phi) is 7.42. The van der Waals surface area contributed by atoms with Crippen LogP contribution in [0.25, 0.3) is 0 Å². The van der Waals surface area contributed by atoms with Gasteiger partial charge in [-0.2, -0.15) is 0 Å². The first-order chi connectivity index (χ1) is 10.1. The molecule has 0 saturated carbocycles. The van der Waals surface area contributed by atoms with Crippen molar-refractivity contribution < 1.29 is 28.9 Å². The third-order valence-electron chi connectivity index (χ3n) is 2.61. The molecule has 0 aliphatic rings. The molecule has 0 heterocycles. The fraction of sp³-hybridized carbons (Fsp3) is 0.467. The van der Waals surface area contributed by atoms with Crippen molar-refractivity contribution in [2.24, 2.45) is 0 Å². The zero-order chi connectivity index (χ0) is 15.7. The summed E-state index contributed by atoms with van der Waals surface area (Å²) in [6.07, 6.45) is -3.13. The Bertz CT molecular complexity index is 445. The molecule has 1 rings (SSSR count). The minimum atomic E-state index is -1.72. The lowest BCUT2D eigenvalue weighted by Crippen LogP contribution is -2.43. The maximum atomic E-state index is 11.8. The van der Waals surface area contributed by atoms with Crippen molar-refractivity contribution in [2.75, 3.05) is 13.2 Å². The number of ether oxygens (including phenoxy) is 3. The number of carbonyl (C=O) groups is 2. The third kappa shape index (κ3) is 5.53. The molecule has 0 radical (unpaired) electrons. The number of rotatable bonds is 8. The number of hydrogen-bond acceptors (Lipinski definition) is 6. The van der Waals surface area contributed by atoms with Crippen molar-refractivity contribution >= 4 is 11.9 Å². The summed E-state index contributed by atoms with van der Waals surface area (Å²) in [6, 6.07) is 9.09. The molecular weight excluding hydrogens is 276 g/mol. The molecule has 0 fully saturated rings. The zero-order valence-electron chi connectivity index (χ0n) is 12.2. The highest BCUT2D eigenvalue weighted by atomic mass is 16.6. The Hall–Kier alpha value is -1.92. The van der Waals surface area contributed by atoms with Gasteiger partial charge in [0.1, 0.15) is 0 Å². The van der Waals surface area contributed by atoms with Crippen molar-refractivity contribution in [1.82, 2.24) is 0 Å². The number of aliphatic hydroxyl groups excluding tert-OH is 1. The third-order valence-corrected chi connectivity index (χ3v) is 2.61. The lowest BCUT2D eigenvalue weighted by Gasteiger charge is -2.20. The van der Waals surface area contributed by atoms with E-state index in [9.17, 15) is 14.7 Å². The van der Waals surface area contributed by atoms with Crippen LogP contribution in [0.1, 0.15) is 19.4 Å². The Morgan fingerprint density at radius 3 is 2.19 bits per heavy atom. The van der Waals surface area contributed by atoms with Crippen LogP contribution in [0.15, 0.2) is 30.3 Å². The van der Waals surface area contributed by atoms with Crippen molar-refractivity contribution in [3.8, 4) is 0 Å². The summed E-state index contributed by atoms with van der Waals surface area (Å²) < 4.78 is 14.8. The Morgan fingerprint density at radius 2 is 1.62 bits per heavy atom. The van der Waals surface area contributed by atoms with Gasteiger partial charge < -0.3 is 19.3 Å². The SMILES string of the molecule is CCOC(=O)C(O)[C@@H](OCc1ccccc1)C(=O)OCC.